The summed E-state index contributed by atoms with van der Waals surface area (Å²) in [4.78, 5) is 38.0. The molecule has 0 aliphatic carbocycles. The summed E-state index contributed by atoms with van der Waals surface area (Å²) in [6.45, 7) is 5.66. The molecule has 7 nitrogen and oxygen atoms in total. The zero-order valence-electron chi connectivity index (χ0n) is 13.5. The Labute approximate surface area is 142 Å². The van der Waals surface area contributed by atoms with Crippen LogP contribution in [0.25, 0.3) is 11.2 Å². The smallest absolute Gasteiger partial charge is 0.277 e. The lowest BCUT2D eigenvalue weighted by atomic mass is 10.1. The van der Waals surface area contributed by atoms with E-state index in [1.165, 1.54) is 18.1 Å². The third-order valence-corrected chi connectivity index (χ3v) is 4.65. The molecule has 1 atom stereocenters. The summed E-state index contributed by atoms with van der Waals surface area (Å²) in [5.41, 5.74) is 3.19. The van der Waals surface area contributed by atoms with Gasteiger partial charge in [0.15, 0.2) is 16.3 Å². The molecule has 1 amide bonds. The van der Waals surface area contributed by atoms with Crippen molar-refractivity contribution in [2.75, 3.05) is 5.32 Å². The highest BCUT2D eigenvalue weighted by atomic mass is 32.2. The second-order valence-corrected chi connectivity index (χ2v) is 6.82. The van der Waals surface area contributed by atoms with E-state index in [4.69, 9.17) is 0 Å². The zero-order valence-corrected chi connectivity index (χ0v) is 14.3. The van der Waals surface area contributed by atoms with Gasteiger partial charge in [-0.05, 0) is 31.9 Å². The molecule has 0 saturated heterocycles. The Morgan fingerprint density at radius 3 is 2.71 bits per heavy atom. The van der Waals surface area contributed by atoms with Crippen LogP contribution < -0.4 is 10.9 Å². The number of benzene rings is 1. The van der Waals surface area contributed by atoms with Crippen molar-refractivity contribution < 1.29 is 4.79 Å². The summed E-state index contributed by atoms with van der Waals surface area (Å²) in [6, 6.07) is 5.85. The van der Waals surface area contributed by atoms with Crippen molar-refractivity contribution in [2.24, 2.45) is 0 Å². The van der Waals surface area contributed by atoms with E-state index in [1.807, 2.05) is 32.0 Å². The largest absolute Gasteiger partial charge is 0.339 e. The predicted molar refractivity (Wildman–Crippen MR) is 94.4 cm³/mol. The van der Waals surface area contributed by atoms with E-state index in [0.717, 1.165) is 16.8 Å². The summed E-state index contributed by atoms with van der Waals surface area (Å²) in [5.74, 6) is -0.151. The molecule has 0 fully saturated rings. The highest BCUT2D eigenvalue weighted by Crippen LogP contribution is 2.23. The van der Waals surface area contributed by atoms with E-state index in [0.29, 0.717) is 16.3 Å². The number of H-pyrrole nitrogens is 2. The molecule has 24 heavy (non-hydrogen) atoms. The van der Waals surface area contributed by atoms with Crippen LogP contribution in [0.4, 0.5) is 5.69 Å². The van der Waals surface area contributed by atoms with Crippen molar-refractivity contribution >= 4 is 34.5 Å². The van der Waals surface area contributed by atoms with Crippen LogP contribution in [0.15, 0.2) is 34.5 Å². The van der Waals surface area contributed by atoms with E-state index in [9.17, 15) is 9.59 Å². The Bertz CT molecular complexity index is 942. The minimum Gasteiger partial charge on any atom is -0.339 e. The van der Waals surface area contributed by atoms with Gasteiger partial charge in [-0.3, -0.25) is 14.6 Å². The number of nitrogens with one attached hydrogen (secondary N) is 3. The second kappa shape index (κ2) is 6.48. The molecule has 0 saturated carbocycles. The van der Waals surface area contributed by atoms with Crippen molar-refractivity contribution in [3.8, 4) is 0 Å². The number of nitrogens with zero attached hydrogens (tertiary/aromatic N) is 2. The van der Waals surface area contributed by atoms with Gasteiger partial charge in [0.25, 0.3) is 5.56 Å². The fourth-order valence-corrected chi connectivity index (χ4v) is 3.13. The molecule has 8 heteroatoms. The topological polar surface area (TPSA) is 104 Å². The number of aromatic nitrogens is 4. The van der Waals surface area contributed by atoms with Crippen LogP contribution in [0, 0.1) is 13.8 Å². The lowest BCUT2D eigenvalue weighted by molar-refractivity contribution is -0.115. The molecule has 0 spiro atoms. The molecule has 2 heterocycles. The summed E-state index contributed by atoms with van der Waals surface area (Å²) >= 11 is 1.18. The summed E-state index contributed by atoms with van der Waals surface area (Å²) in [6.07, 6.45) is 1.42. The number of anilines is 1. The quantitative estimate of drug-likeness (QED) is 0.498. The Balaban J connectivity index is 1.77. The summed E-state index contributed by atoms with van der Waals surface area (Å²) < 4.78 is 0. The maximum atomic E-state index is 12.4. The first-order valence-corrected chi connectivity index (χ1v) is 8.31. The monoisotopic (exact) mass is 343 g/mol. The number of carbonyl (C=O) groups excluding carboxylic acids is 1. The number of thioether (sulfide) groups is 1. The summed E-state index contributed by atoms with van der Waals surface area (Å²) in [7, 11) is 0. The normalized spacial score (nSPS) is 12.3. The maximum Gasteiger partial charge on any atom is 0.277 e. The fraction of sp³-hybridized carbons (Fsp3) is 0.250. The van der Waals surface area contributed by atoms with E-state index in [2.05, 4.69) is 25.3 Å². The number of para-hydroxylation sites is 1. The van der Waals surface area contributed by atoms with Crippen LogP contribution in [0.3, 0.4) is 0 Å². The highest BCUT2D eigenvalue weighted by Gasteiger charge is 2.18. The molecule has 3 N–H and O–H groups in total. The average Bonchev–Trinajstić information content (AvgIpc) is 3.00. The van der Waals surface area contributed by atoms with Crippen LogP contribution >= 0.6 is 11.8 Å². The molecule has 2 aromatic heterocycles. The lowest BCUT2D eigenvalue weighted by Gasteiger charge is -2.14. The fourth-order valence-electron chi connectivity index (χ4n) is 2.34. The number of imidazole rings is 1. The number of fused-ring (bicyclic) bond motifs is 1. The number of hydrogen-bond donors (Lipinski definition) is 3. The summed E-state index contributed by atoms with van der Waals surface area (Å²) in [5, 5.41) is 2.88. The SMILES string of the molecule is Cc1cccc(C)c1NC(=O)C(C)Sc1nc2nc[nH]c2c(=O)[nH]1. The molecule has 1 aromatic carbocycles. The van der Waals surface area contributed by atoms with Gasteiger partial charge >= 0.3 is 0 Å². The Kier molecular flexibility index (Phi) is 4.39. The van der Waals surface area contributed by atoms with Gasteiger partial charge in [-0.25, -0.2) is 9.97 Å². The molecule has 0 radical (unpaired) electrons. The number of hydrogen-bond acceptors (Lipinski definition) is 5. The van der Waals surface area contributed by atoms with Crippen molar-refractivity contribution in [1.82, 2.24) is 19.9 Å². The Hall–Kier alpha value is -2.61. The molecule has 3 rings (SSSR count). The first-order valence-electron chi connectivity index (χ1n) is 7.43. The van der Waals surface area contributed by atoms with Gasteiger partial charge in [0.1, 0.15) is 0 Å². The van der Waals surface area contributed by atoms with Crippen LogP contribution in [-0.2, 0) is 4.79 Å². The first kappa shape index (κ1) is 16.3. The van der Waals surface area contributed by atoms with Gasteiger partial charge in [0, 0.05) is 5.69 Å². The van der Waals surface area contributed by atoms with Gasteiger partial charge in [0.05, 0.1) is 11.6 Å². The standard InChI is InChI=1S/C16H17N5O2S/c1-8-5-4-6-9(2)11(8)19-14(22)10(3)24-16-20-13-12(15(23)21-16)17-7-18-13/h4-7,10H,1-3H3,(H,19,22)(H2,17,18,20,21,23). The predicted octanol–water partition coefficient (Wildman–Crippen LogP) is 2.38. The van der Waals surface area contributed by atoms with Crippen LogP contribution in [0.5, 0.6) is 0 Å². The van der Waals surface area contributed by atoms with Gasteiger partial charge in [-0.1, -0.05) is 30.0 Å². The van der Waals surface area contributed by atoms with Crippen molar-refractivity contribution in [3.05, 3.63) is 46.0 Å². The van der Waals surface area contributed by atoms with Gasteiger partial charge in [-0.2, -0.15) is 0 Å². The molecule has 3 aromatic rings. The molecule has 0 aliphatic heterocycles. The maximum absolute atomic E-state index is 12.4. The van der Waals surface area contributed by atoms with E-state index in [1.54, 1.807) is 6.92 Å². The highest BCUT2D eigenvalue weighted by molar-refractivity contribution is 8.00. The van der Waals surface area contributed by atoms with Gasteiger partial charge in [0.2, 0.25) is 5.91 Å². The van der Waals surface area contributed by atoms with Crippen LogP contribution in [-0.4, -0.2) is 31.1 Å². The number of aryl methyl sites for hydroxylation is 2. The Morgan fingerprint density at radius 1 is 1.29 bits per heavy atom. The minimum absolute atomic E-state index is 0.151. The van der Waals surface area contributed by atoms with Gasteiger partial charge < -0.3 is 10.3 Å². The molecular weight excluding hydrogens is 326 g/mol. The average molecular weight is 343 g/mol. The second-order valence-electron chi connectivity index (χ2n) is 5.49. The number of rotatable bonds is 4. The molecule has 1 unspecified atom stereocenters. The molecule has 124 valence electrons. The minimum atomic E-state index is -0.427. The molecule has 0 aliphatic rings. The number of carbonyl (C=O) groups is 1. The number of amides is 1. The third-order valence-electron chi connectivity index (χ3n) is 3.66. The van der Waals surface area contributed by atoms with Gasteiger partial charge in [-0.15, -0.1) is 0 Å². The van der Waals surface area contributed by atoms with Crippen molar-refractivity contribution in [1.29, 1.82) is 0 Å². The Morgan fingerprint density at radius 2 is 2.00 bits per heavy atom. The number of aromatic amines is 2. The first-order chi connectivity index (χ1) is 11.5. The van der Waals surface area contributed by atoms with Crippen molar-refractivity contribution in [2.45, 2.75) is 31.2 Å². The van der Waals surface area contributed by atoms with Crippen LogP contribution in [0.2, 0.25) is 0 Å². The molecular formula is C16H17N5O2S. The zero-order chi connectivity index (χ0) is 17.3. The third kappa shape index (κ3) is 3.18. The van der Waals surface area contributed by atoms with Crippen molar-refractivity contribution in [3.63, 3.8) is 0 Å². The molecule has 0 bridgehead atoms. The van der Waals surface area contributed by atoms with E-state index < -0.39 is 5.25 Å². The van der Waals surface area contributed by atoms with E-state index >= 15 is 0 Å². The van der Waals surface area contributed by atoms with E-state index in [-0.39, 0.29) is 11.5 Å². The lowest BCUT2D eigenvalue weighted by Crippen LogP contribution is -2.24. The van der Waals surface area contributed by atoms with Crippen LogP contribution in [0.1, 0.15) is 18.1 Å².